The van der Waals surface area contributed by atoms with Gasteiger partial charge in [0.15, 0.2) is 0 Å². The summed E-state index contributed by atoms with van der Waals surface area (Å²) in [5.74, 6) is 0.896. The van der Waals surface area contributed by atoms with Gasteiger partial charge in [-0.3, -0.25) is 4.90 Å². The molecular weight excluding hydrogens is 623 g/mol. The van der Waals surface area contributed by atoms with Crippen LogP contribution in [0, 0.1) is 0 Å². The van der Waals surface area contributed by atoms with Crippen LogP contribution in [0.25, 0.3) is 55.0 Å². The Balaban J connectivity index is 1.13. The largest absolute Gasteiger partial charge is 0.350 e. The molecule has 2 aromatic heterocycles. The summed E-state index contributed by atoms with van der Waals surface area (Å²) >= 11 is 0. The highest BCUT2D eigenvalue weighted by Crippen LogP contribution is 2.38. The molecule has 1 N–H and O–H groups in total. The SMILES string of the molecule is CN1C(c2cccc(-n3c4ccccc4c4cc(-n5c6ccccc6c6ccccc65)ccc43)c2)N=C(c2ccccc2)NC1c1ccccc1. The molecule has 0 fully saturated rings. The van der Waals surface area contributed by atoms with Gasteiger partial charge in [0.1, 0.15) is 18.2 Å². The van der Waals surface area contributed by atoms with Gasteiger partial charge in [-0.15, -0.1) is 0 Å². The van der Waals surface area contributed by atoms with E-state index >= 15 is 0 Å². The average molecular weight is 658 g/mol. The fraction of sp³-hybridized carbons (Fsp3) is 0.0652. The molecule has 7 aromatic carbocycles. The lowest BCUT2D eigenvalue weighted by Gasteiger charge is -2.39. The minimum atomic E-state index is -0.193. The summed E-state index contributed by atoms with van der Waals surface area (Å²) in [6.45, 7) is 0. The van der Waals surface area contributed by atoms with Gasteiger partial charge in [0, 0.05) is 38.5 Å². The maximum Gasteiger partial charge on any atom is 0.132 e. The zero-order valence-corrected chi connectivity index (χ0v) is 28.2. The molecule has 5 heteroatoms. The highest BCUT2D eigenvalue weighted by atomic mass is 15.4. The molecule has 1 aliphatic heterocycles. The number of hydrogen-bond acceptors (Lipinski definition) is 3. The number of benzene rings is 7. The first-order valence-corrected chi connectivity index (χ1v) is 17.5. The molecule has 0 aliphatic carbocycles. The van der Waals surface area contributed by atoms with Crippen molar-refractivity contribution in [3.8, 4) is 11.4 Å². The standard InChI is InChI=1S/C46H35N5/c1-49-45(32-17-6-3-7-18-32)47-44(31-15-4-2-5-16-31)48-46(49)33-19-14-20-34(29-33)50-42-26-13-10-23-38(42)39-30-35(27-28-43(39)50)51-40-24-11-8-21-36(40)37-22-9-12-25-41(37)51/h2-30,45-46H,1H3,(H,47,48). The Kier molecular flexibility index (Phi) is 6.86. The van der Waals surface area contributed by atoms with E-state index in [1.165, 1.54) is 49.2 Å². The smallest absolute Gasteiger partial charge is 0.132 e. The van der Waals surface area contributed by atoms with Crippen molar-refractivity contribution in [3.63, 3.8) is 0 Å². The molecular formula is C46H35N5. The molecule has 0 saturated carbocycles. The van der Waals surface area contributed by atoms with Crippen LogP contribution in [0.1, 0.15) is 29.0 Å². The molecule has 0 bridgehead atoms. The summed E-state index contributed by atoms with van der Waals surface area (Å²) < 4.78 is 4.80. The van der Waals surface area contributed by atoms with Crippen LogP contribution in [0.3, 0.4) is 0 Å². The lowest BCUT2D eigenvalue weighted by molar-refractivity contribution is 0.152. The molecule has 0 radical (unpaired) electrons. The van der Waals surface area contributed by atoms with Crippen molar-refractivity contribution in [2.45, 2.75) is 12.3 Å². The van der Waals surface area contributed by atoms with E-state index in [2.05, 4.69) is 196 Å². The van der Waals surface area contributed by atoms with Crippen LogP contribution in [-0.4, -0.2) is 26.9 Å². The van der Waals surface area contributed by atoms with Gasteiger partial charge >= 0.3 is 0 Å². The summed E-state index contributed by atoms with van der Waals surface area (Å²) in [5, 5.41) is 8.72. The number of rotatable bonds is 5. The van der Waals surface area contributed by atoms with E-state index in [9.17, 15) is 0 Å². The molecule has 9 aromatic rings. The number of nitrogens with one attached hydrogen (secondary N) is 1. The first-order chi connectivity index (χ1) is 25.2. The first-order valence-electron chi connectivity index (χ1n) is 17.5. The highest BCUT2D eigenvalue weighted by Gasteiger charge is 2.31. The van der Waals surface area contributed by atoms with Crippen LogP contribution >= 0.6 is 0 Å². The second-order valence-corrected chi connectivity index (χ2v) is 13.4. The molecule has 2 atom stereocenters. The second-order valence-electron chi connectivity index (χ2n) is 13.4. The molecule has 10 rings (SSSR count). The number of fused-ring (bicyclic) bond motifs is 6. The minimum Gasteiger partial charge on any atom is -0.350 e. The van der Waals surface area contributed by atoms with Crippen LogP contribution in [0.2, 0.25) is 0 Å². The Bertz CT molecular complexity index is 2700. The van der Waals surface area contributed by atoms with Gasteiger partial charge < -0.3 is 14.5 Å². The summed E-state index contributed by atoms with van der Waals surface area (Å²) in [6, 6.07) is 63.0. The maximum absolute atomic E-state index is 5.34. The minimum absolute atomic E-state index is 0.0416. The van der Waals surface area contributed by atoms with Gasteiger partial charge in [-0.05, 0) is 66.7 Å². The number of amidine groups is 1. The average Bonchev–Trinajstić information content (AvgIpc) is 3.71. The number of aromatic nitrogens is 2. The zero-order chi connectivity index (χ0) is 33.9. The van der Waals surface area contributed by atoms with Gasteiger partial charge in [-0.1, -0.05) is 127 Å². The number of hydrogen-bond donors (Lipinski definition) is 1. The zero-order valence-electron chi connectivity index (χ0n) is 28.2. The Morgan fingerprint density at radius 2 is 0.961 bits per heavy atom. The topological polar surface area (TPSA) is 37.5 Å². The van der Waals surface area contributed by atoms with Gasteiger partial charge in [0.25, 0.3) is 0 Å². The summed E-state index contributed by atoms with van der Waals surface area (Å²) in [7, 11) is 2.16. The van der Waals surface area contributed by atoms with Gasteiger partial charge in [-0.2, -0.15) is 0 Å². The van der Waals surface area contributed by atoms with E-state index in [1.54, 1.807) is 0 Å². The normalized spacial score (nSPS) is 16.5. The number of nitrogens with zero attached hydrogens (tertiary/aromatic N) is 4. The maximum atomic E-state index is 5.34. The van der Waals surface area contributed by atoms with Crippen molar-refractivity contribution in [3.05, 3.63) is 193 Å². The van der Waals surface area contributed by atoms with Gasteiger partial charge in [0.05, 0.1) is 22.1 Å². The third-order valence-corrected chi connectivity index (χ3v) is 10.4. The molecule has 1 aliphatic rings. The van der Waals surface area contributed by atoms with E-state index in [0.29, 0.717) is 0 Å². The lowest BCUT2D eigenvalue weighted by atomic mass is 10.0. The third-order valence-electron chi connectivity index (χ3n) is 10.4. The summed E-state index contributed by atoms with van der Waals surface area (Å²) in [6.07, 6.45) is -0.235. The van der Waals surface area contributed by atoms with Crippen molar-refractivity contribution in [1.29, 1.82) is 0 Å². The van der Waals surface area contributed by atoms with E-state index < -0.39 is 0 Å². The molecule has 3 heterocycles. The Hall–Kier alpha value is -6.43. The quantitative estimate of drug-likeness (QED) is 0.200. The summed E-state index contributed by atoms with van der Waals surface area (Å²) in [4.78, 5) is 7.66. The van der Waals surface area contributed by atoms with Gasteiger partial charge in [-0.25, -0.2) is 4.99 Å². The highest BCUT2D eigenvalue weighted by molar-refractivity contribution is 6.12. The van der Waals surface area contributed by atoms with Crippen molar-refractivity contribution < 1.29 is 0 Å². The molecule has 0 spiro atoms. The fourth-order valence-corrected chi connectivity index (χ4v) is 8.04. The number of aliphatic imine (C=N–C) groups is 1. The predicted octanol–water partition coefficient (Wildman–Crippen LogP) is 10.6. The molecule has 0 amide bonds. The predicted molar refractivity (Wildman–Crippen MR) is 211 cm³/mol. The van der Waals surface area contributed by atoms with Crippen molar-refractivity contribution in [2.75, 3.05) is 7.05 Å². The Labute approximate surface area is 296 Å². The van der Waals surface area contributed by atoms with E-state index in [0.717, 1.165) is 28.3 Å². The molecule has 51 heavy (non-hydrogen) atoms. The third kappa shape index (κ3) is 4.78. The van der Waals surface area contributed by atoms with Crippen LogP contribution in [-0.2, 0) is 0 Å². The fourth-order valence-electron chi connectivity index (χ4n) is 8.04. The van der Waals surface area contributed by atoms with Crippen LogP contribution in [0.4, 0.5) is 0 Å². The molecule has 5 nitrogen and oxygen atoms in total. The second kappa shape index (κ2) is 11.9. The molecule has 244 valence electrons. The molecule has 2 unspecified atom stereocenters. The van der Waals surface area contributed by atoms with Crippen LogP contribution < -0.4 is 5.32 Å². The van der Waals surface area contributed by atoms with Crippen molar-refractivity contribution in [1.82, 2.24) is 19.4 Å². The summed E-state index contributed by atoms with van der Waals surface area (Å²) in [5.41, 5.74) is 10.5. The Morgan fingerprint density at radius 3 is 1.61 bits per heavy atom. The Morgan fingerprint density at radius 1 is 0.451 bits per heavy atom. The molecule has 0 saturated heterocycles. The van der Waals surface area contributed by atoms with Crippen molar-refractivity contribution >= 4 is 49.4 Å². The number of para-hydroxylation sites is 3. The first kappa shape index (κ1) is 29.5. The van der Waals surface area contributed by atoms with E-state index in [-0.39, 0.29) is 12.3 Å². The monoisotopic (exact) mass is 657 g/mol. The van der Waals surface area contributed by atoms with Crippen LogP contribution in [0.15, 0.2) is 181 Å². The lowest BCUT2D eigenvalue weighted by Crippen LogP contribution is -2.45. The van der Waals surface area contributed by atoms with E-state index in [1.807, 2.05) is 6.07 Å². The van der Waals surface area contributed by atoms with Gasteiger partial charge in [0.2, 0.25) is 0 Å². The van der Waals surface area contributed by atoms with Crippen LogP contribution in [0.5, 0.6) is 0 Å². The van der Waals surface area contributed by atoms with E-state index in [4.69, 9.17) is 4.99 Å². The van der Waals surface area contributed by atoms with Crippen molar-refractivity contribution in [2.24, 2.45) is 4.99 Å².